The van der Waals surface area contributed by atoms with Gasteiger partial charge in [0.1, 0.15) is 0 Å². The molecule has 0 spiro atoms. The summed E-state index contributed by atoms with van der Waals surface area (Å²) in [6, 6.07) is 0. The number of hydrogen-bond acceptors (Lipinski definition) is 5. The van der Waals surface area contributed by atoms with Crippen molar-refractivity contribution in [1.29, 1.82) is 0 Å². The van der Waals surface area contributed by atoms with Crippen molar-refractivity contribution in [3.8, 4) is 0 Å². The summed E-state index contributed by atoms with van der Waals surface area (Å²) < 4.78 is 29.0. The number of hydrogen-bond donors (Lipinski definition) is 2. The van der Waals surface area contributed by atoms with Crippen LogP contribution in [0.4, 0.5) is 0 Å². The summed E-state index contributed by atoms with van der Waals surface area (Å²) in [5.74, 6) is -0.171. The fourth-order valence-corrected chi connectivity index (χ4v) is 3.57. The van der Waals surface area contributed by atoms with E-state index in [1.54, 1.807) is 0 Å². The largest absolute Gasteiger partial charge is 0.391 e. The van der Waals surface area contributed by atoms with Crippen LogP contribution in [0, 0.1) is 0 Å². The van der Waals surface area contributed by atoms with E-state index in [9.17, 15) is 13.5 Å². The molecule has 6 heteroatoms. The second-order valence-electron chi connectivity index (χ2n) is 6.00. The van der Waals surface area contributed by atoms with Crippen molar-refractivity contribution < 1.29 is 18.3 Å². The molecule has 0 aromatic heterocycles. The lowest BCUT2D eigenvalue weighted by Gasteiger charge is -2.23. The summed E-state index contributed by atoms with van der Waals surface area (Å²) in [6.07, 6.45) is 0.678. The lowest BCUT2D eigenvalue weighted by Crippen LogP contribution is -2.43. The highest BCUT2D eigenvalue weighted by Crippen LogP contribution is 2.14. The molecule has 0 bridgehead atoms. The fraction of sp³-hybridized carbons (Fsp3) is 1.00. The first-order chi connectivity index (χ1) is 8.18. The van der Waals surface area contributed by atoms with Crippen LogP contribution >= 0.6 is 0 Å². The van der Waals surface area contributed by atoms with E-state index in [2.05, 4.69) is 5.32 Å². The van der Waals surface area contributed by atoms with Gasteiger partial charge in [-0.2, -0.15) is 0 Å². The molecule has 1 saturated heterocycles. The minimum atomic E-state index is -3.25. The van der Waals surface area contributed by atoms with Gasteiger partial charge in [0.15, 0.2) is 9.84 Å². The number of rotatable bonds is 6. The first kappa shape index (κ1) is 15.9. The molecule has 108 valence electrons. The Kier molecular flexibility index (Phi) is 5.58. The molecule has 1 rings (SSSR count). The van der Waals surface area contributed by atoms with Crippen molar-refractivity contribution in [1.82, 2.24) is 5.32 Å². The van der Waals surface area contributed by atoms with Gasteiger partial charge in [0.25, 0.3) is 0 Å². The standard InChI is InChI=1S/C12H25NO4S/c1-12(2,3)13-7-10(14)8-18(15,16)9-11-5-4-6-17-11/h10-11,13-14H,4-9H2,1-3H3. The maximum atomic E-state index is 11.9. The van der Waals surface area contributed by atoms with Crippen molar-refractivity contribution in [2.45, 2.75) is 51.4 Å². The van der Waals surface area contributed by atoms with Crippen LogP contribution in [0.25, 0.3) is 0 Å². The molecule has 0 radical (unpaired) electrons. The van der Waals surface area contributed by atoms with Gasteiger partial charge in [-0.25, -0.2) is 8.42 Å². The van der Waals surface area contributed by atoms with E-state index >= 15 is 0 Å². The summed E-state index contributed by atoms with van der Waals surface area (Å²) in [6.45, 7) is 6.85. The van der Waals surface area contributed by atoms with Crippen molar-refractivity contribution in [2.75, 3.05) is 24.7 Å². The first-order valence-electron chi connectivity index (χ1n) is 6.43. The predicted molar refractivity (Wildman–Crippen MR) is 71.4 cm³/mol. The zero-order valence-electron chi connectivity index (χ0n) is 11.5. The van der Waals surface area contributed by atoms with Gasteiger partial charge in [-0.1, -0.05) is 0 Å². The van der Waals surface area contributed by atoms with Crippen LogP contribution < -0.4 is 5.32 Å². The van der Waals surface area contributed by atoms with Gasteiger partial charge >= 0.3 is 0 Å². The highest BCUT2D eigenvalue weighted by Gasteiger charge is 2.25. The molecule has 1 aliphatic heterocycles. The van der Waals surface area contributed by atoms with Gasteiger partial charge in [0, 0.05) is 18.7 Å². The Balaban J connectivity index is 2.34. The molecule has 0 aromatic carbocycles. The molecule has 2 N–H and O–H groups in total. The lowest BCUT2D eigenvalue weighted by atomic mass is 10.1. The van der Waals surface area contributed by atoms with E-state index in [0.717, 1.165) is 12.8 Å². The Hall–Kier alpha value is -0.170. The van der Waals surface area contributed by atoms with Crippen molar-refractivity contribution in [3.05, 3.63) is 0 Å². The van der Waals surface area contributed by atoms with Crippen LogP contribution in [-0.2, 0) is 14.6 Å². The third-order valence-corrected chi connectivity index (χ3v) is 4.55. The smallest absolute Gasteiger partial charge is 0.155 e. The molecule has 2 atom stereocenters. The lowest BCUT2D eigenvalue weighted by molar-refractivity contribution is 0.127. The topological polar surface area (TPSA) is 75.6 Å². The highest BCUT2D eigenvalue weighted by molar-refractivity contribution is 7.91. The van der Waals surface area contributed by atoms with Crippen LogP contribution in [0.3, 0.4) is 0 Å². The van der Waals surface area contributed by atoms with Crippen LogP contribution in [0.5, 0.6) is 0 Å². The molecule has 0 aliphatic carbocycles. The minimum absolute atomic E-state index is 0.0274. The number of aliphatic hydroxyl groups is 1. The predicted octanol–water partition coefficient (Wildman–Crippen LogP) is 0.329. The number of nitrogens with one attached hydrogen (secondary N) is 1. The summed E-state index contributed by atoms with van der Waals surface area (Å²) >= 11 is 0. The molecule has 2 unspecified atom stereocenters. The summed E-state index contributed by atoms with van der Waals surface area (Å²) in [5, 5.41) is 12.8. The molecular weight excluding hydrogens is 254 g/mol. The normalized spacial score (nSPS) is 23.2. The van der Waals surface area contributed by atoms with E-state index in [4.69, 9.17) is 4.74 Å². The quantitative estimate of drug-likeness (QED) is 0.733. The van der Waals surface area contributed by atoms with Crippen molar-refractivity contribution in [3.63, 3.8) is 0 Å². The molecular formula is C12H25NO4S. The minimum Gasteiger partial charge on any atom is -0.391 e. The van der Waals surface area contributed by atoms with E-state index in [1.807, 2.05) is 20.8 Å². The highest BCUT2D eigenvalue weighted by atomic mass is 32.2. The Labute approximate surface area is 110 Å². The summed E-state index contributed by atoms with van der Waals surface area (Å²) in [4.78, 5) is 0. The third kappa shape index (κ3) is 6.68. The maximum Gasteiger partial charge on any atom is 0.155 e. The summed E-state index contributed by atoms with van der Waals surface area (Å²) in [7, 11) is -3.25. The van der Waals surface area contributed by atoms with Gasteiger partial charge in [0.2, 0.25) is 0 Å². The molecule has 1 aliphatic rings. The maximum absolute atomic E-state index is 11.9. The Bertz CT molecular complexity index is 342. The average Bonchev–Trinajstić information content (AvgIpc) is 2.64. The number of aliphatic hydroxyl groups excluding tert-OH is 1. The van der Waals surface area contributed by atoms with Crippen LogP contribution in [0.2, 0.25) is 0 Å². The zero-order chi connectivity index (χ0) is 13.8. The van der Waals surface area contributed by atoms with E-state index in [0.29, 0.717) is 6.61 Å². The Morgan fingerprint density at radius 3 is 2.61 bits per heavy atom. The monoisotopic (exact) mass is 279 g/mol. The second-order valence-corrected chi connectivity index (χ2v) is 8.15. The van der Waals surface area contributed by atoms with Crippen molar-refractivity contribution in [2.24, 2.45) is 0 Å². The molecule has 18 heavy (non-hydrogen) atoms. The Morgan fingerprint density at radius 1 is 1.44 bits per heavy atom. The average molecular weight is 279 g/mol. The molecule has 0 amide bonds. The molecule has 0 aromatic rings. The van der Waals surface area contributed by atoms with Gasteiger partial charge in [-0.05, 0) is 33.6 Å². The first-order valence-corrected chi connectivity index (χ1v) is 8.25. The molecule has 1 fully saturated rings. The van der Waals surface area contributed by atoms with Crippen molar-refractivity contribution >= 4 is 9.84 Å². The number of sulfone groups is 1. The Morgan fingerprint density at radius 2 is 2.11 bits per heavy atom. The van der Waals surface area contributed by atoms with E-state index < -0.39 is 15.9 Å². The number of ether oxygens (including phenoxy) is 1. The van der Waals surface area contributed by atoms with Gasteiger partial charge in [0.05, 0.1) is 23.7 Å². The van der Waals surface area contributed by atoms with E-state index in [-0.39, 0.29) is 29.7 Å². The second kappa shape index (κ2) is 6.32. The third-order valence-electron chi connectivity index (χ3n) is 2.78. The summed E-state index contributed by atoms with van der Waals surface area (Å²) in [5.41, 5.74) is -0.126. The SMILES string of the molecule is CC(C)(C)NCC(O)CS(=O)(=O)CC1CCCO1. The van der Waals surface area contributed by atoms with Crippen LogP contribution in [0.1, 0.15) is 33.6 Å². The van der Waals surface area contributed by atoms with Gasteiger partial charge in [-0.3, -0.25) is 0 Å². The molecule has 0 saturated carbocycles. The fourth-order valence-electron chi connectivity index (χ4n) is 1.90. The van der Waals surface area contributed by atoms with Gasteiger partial charge < -0.3 is 15.2 Å². The zero-order valence-corrected chi connectivity index (χ0v) is 12.3. The van der Waals surface area contributed by atoms with Crippen LogP contribution in [-0.4, -0.2) is 55.9 Å². The number of β-amino-alcohol motifs (C(OH)–C–C–N with tert-alkyl or cyclic N) is 1. The van der Waals surface area contributed by atoms with E-state index in [1.165, 1.54) is 0 Å². The van der Waals surface area contributed by atoms with Crippen LogP contribution in [0.15, 0.2) is 0 Å². The van der Waals surface area contributed by atoms with Gasteiger partial charge in [-0.15, -0.1) is 0 Å². The molecule has 1 heterocycles. The molecule has 5 nitrogen and oxygen atoms in total.